The van der Waals surface area contributed by atoms with Gasteiger partial charge in [-0.15, -0.1) is 0 Å². The van der Waals surface area contributed by atoms with Crippen LogP contribution in [0.15, 0.2) is 63.0 Å². The van der Waals surface area contributed by atoms with E-state index in [1.54, 1.807) is 6.07 Å². The highest BCUT2D eigenvalue weighted by molar-refractivity contribution is 7.89. The number of fused-ring (bicyclic) bond motifs is 1. The van der Waals surface area contributed by atoms with Crippen LogP contribution in [0.1, 0.15) is 18.9 Å². The molecule has 0 atom stereocenters. The Hall–Kier alpha value is -2.75. The van der Waals surface area contributed by atoms with Crippen molar-refractivity contribution >= 4 is 21.1 Å². The van der Waals surface area contributed by atoms with Gasteiger partial charge >= 0.3 is 11.1 Å². The Balaban J connectivity index is 1.67. The number of nitrogens with zero attached hydrogens (tertiary/aromatic N) is 3. The van der Waals surface area contributed by atoms with Crippen molar-refractivity contribution < 1.29 is 8.42 Å². The molecule has 0 amide bonds. The molecule has 3 aromatic rings. The average molecular weight is 445 g/mol. The second-order valence-electron chi connectivity index (χ2n) is 7.48. The zero-order valence-corrected chi connectivity index (χ0v) is 18.9. The summed E-state index contributed by atoms with van der Waals surface area (Å²) in [5, 5.41) is 0. The molecule has 0 saturated carbocycles. The van der Waals surface area contributed by atoms with E-state index in [1.807, 2.05) is 18.2 Å². The summed E-state index contributed by atoms with van der Waals surface area (Å²) >= 11 is 0. The van der Waals surface area contributed by atoms with E-state index in [2.05, 4.69) is 28.7 Å². The standard InChI is InChI=1S/C22H28N4O4S/c1-4-26(16-17-9-6-5-7-10-17)14-8-13-23-31(29,30)18-11-12-19-20(15-18)25(3)22(28)21(27)24(19)2/h5-7,9-12,15,23H,4,8,13-14,16H2,1-3H3. The van der Waals surface area contributed by atoms with Crippen molar-refractivity contribution in [2.45, 2.75) is 24.8 Å². The summed E-state index contributed by atoms with van der Waals surface area (Å²) in [6.45, 7) is 4.85. The van der Waals surface area contributed by atoms with E-state index < -0.39 is 21.1 Å². The van der Waals surface area contributed by atoms with Gasteiger partial charge in [0.2, 0.25) is 10.0 Å². The van der Waals surface area contributed by atoms with Crippen molar-refractivity contribution in [1.29, 1.82) is 0 Å². The third-order valence-corrected chi connectivity index (χ3v) is 6.87. The lowest BCUT2D eigenvalue weighted by Crippen LogP contribution is -2.39. The number of aromatic nitrogens is 2. The van der Waals surface area contributed by atoms with Gasteiger partial charge in [-0.2, -0.15) is 0 Å². The minimum Gasteiger partial charge on any atom is -0.305 e. The maximum atomic E-state index is 12.7. The van der Waals surface area contributed by atoms with Gasteiger partial charge in [0, 0.05) is 27.2 Å². The lowest BCUT2D eigenvalue weighted by molar-refractivity contribution is 0.277. The number of aryl methyl sites for hydroxylation is 2. The maximum Gasteiger partial charge on any atom is 0.316 e. The summed E-state index contributed by atoms with van der Waals surface area (Å²) < 4.78 is 30.5. The first-order valence-corrected chi connectivity index (χ1v) is 11.7. The highest BCUT2D eigenvalue weighted by Gasteiger charge is 2.17. The van der Waals surface area contributed by atoms with Crippen molar-refractivity contribution in [2.24, 2.45) is 14.1 Å². The Morgan fingerprint density at radius 3 is 2.23 bits per heavy atom. The highest BCUT2D eigenvalue weighted by Crippen LogP contribution is 2.16. The molecule has 3 rings (SSSR count). The number of hydrogen-bond donors (Lipinski definition) is 1. The largest absolute Gasteiger partial charge is 0.316 e. The molecule has 31 heavy (non-hydrogen) atoms. The number of sulfonamides is 1. The summed E-state index contributed by atoms with van der Waals surface area (Å²) in [7, 11) is -0.785. The van der Waals surface area contributed by atoms with Crippen LogP contribution in [0.3, 0.4) is 0 Å². The van der Waals surface area contributed by atoms with E-state index in [9.17, 15) is 18.0 Å². The number of benzene rings is 2. The second-order valence-corrected chi connectivity index (χ2v) is 9.25. The number of nitrogens with one attached hydrogen (secondary N) is 1. The molecule has 9 heteroatoms. The Labute approximate surface area is 181 Å². The topological polar surface area (TPSA) is 93.4 Å². The quantitative estimate of drug-likeness (QED) is 0.398. The first-order valence-electron chi connectivity index (χ1n) is 10.2. The lowest BCUT2D eigenvalue weighted by atomic mass is 10.2. The van der Waals surface area contributed by atoms with Gasteiger partial charge in [-0.3, -0.25) is 14.5 Å². The summed E-state index contributed by atoms with van der Waals surface area (Å²) in [6.07, 6.45) is 0.667. The molecule has 0 saturated heterocycles. The third-order valence-electron chi connectivity index (χ3n) is 5.41. The van der Waals surface area contributed by atoms with Gasteiger partial charge in [0.15, 0.2) is 0 Å². The number of hydrogen-bond acceptors (Lipinski definition) is 5. The van der Waals surface area contributed by atoms with Gasteiger partial charge in [0.05, 0.1) is 15.9 Å². The van der Waals surface area contributed by atoms with Gasteiger partial charge in [0.25, 0.3) is 0 Å². The minimum absolute atomic E-state index is 0.0604. The Bertz CT molecular complexity index is 1280. The molecular weight excluding hydrogens is 416 g/mol. The number of rotatable bonds is 9. The molecule has 0 radical (unpaired) electrons. The van der Waals surface area contributed by atoms with Crippen LogP contribution >= 0.6 is 0 Å². The Morgan fingerprint density at radius 1 is 0.935 bits per heavy atom. The second kappa shape index (κ2) is 9.59. The monoisotopic (exact) mass is 444 g/mol. The van der Waals surface area contributed by atoms with Gasteiger partial charge in [-0.05, 0) is 43.3 Å². The van der Waals surface area contributed by atoms with Crippen LogP contribution in [0.2, 0.25) is 0 Å². The van der Waals surface area contributed by atoms with E-state index in [0.29, 0.717) is 24.0 Å². The van der Waals surface area contributed by atoms with Crippen LogP contribution < -0.4 is 15.8 Å². The molecule has 1 aromatic heterocycles. The van der Waals surface area contributed by atoms with Crippen LogP contribution in [-0.4, -0.2) is 42.1 Å². The smallest absolute Gasteiger partial charge is 0.305 e. The van der Waals surface area contributed by atoms with Crippen LogP contribution in [0.5, 0.6) is 0 Å². The molecule has 0 fully saturated rings. The predicted octanol–water partition coefficient (Wildman–Crippen LogP) is 1.43. The molecule has 166 valence electrons. The third kappa shape index (κ3) is 5.12. The van der Waals surface area contributed by atoms with Gasteiger partial charge in [0.1, 0.15) is 0 Å². The zero-order valence-electron chi connectivity index (χ0n) is 18.0. The average Bonchev–Trinajstić information content (AvgIpc) is 2.78. The normalized spacial score (nSPS) is 12.0. The van der Waals surface area contributed by atoms with Crippen molar-refractivity contribution in [1.82, 2.24) is 18.8 Å². The molecule has 0 unspecified atom stereocenters. The SMILES string of the molecule is CCN(CCCNS(=O)(=O)c1ccc2c(c1)n(C)c(=O)c(=O)n2C)Cc1ccccc1. The molecule has 0 bridgehead atoms. The fraction of sp³-hybridized carbons (Fsp3) is 0.364. The van der Waals surface area contributed by atoms with Crippen LogP contribution in [0.4, 0.5) is 0 Å². The Morgan fingerprint density at radius 2 is 1.58 bits per heavy atom. The van der Waals surface area contributed by atoms with Crippen LogP contribution in [0, 0.1) is 0 Å². The fourth-order valence-corrected chi connectivity index (χ4v) is 4.61. The Kier molecular flexibility index (Phi) is 7.09. The summed E-state index contributed by atoms with van der Waals surface area (Å²) in [4.78, 5) is 26.3. The van der Waals surface area contributed by atoms with Gasteiger partial charge in [-0.1, -0.05) is 37.3 Å². The molecule has 2 aromatic carbocycles. The molecule has 0 aliphatic carbocycles. The van der Waals surface area contributed by atoms with E-state index in [4.69, 9.17) is 0 Å². The van der Waals surface area contributed by atoms with Crippen LogP contribution in [-0.2, 0) is 30.7 Å². The fourth-order valence-electron chi connectivity index (χ4n) is 3.51. The van der Waals surface area contributed by atoms with Crippen molar-refractivity contribution in [2.75, 3.05) is 19.6 Å². The molecule has 1 N–H and O–H groups in total. The van der Waals surface area contributed by atoms with E-state index in [-0.39, 0.29) is 4.90 Å². The maximum absolute atomic E-state index is 12.7. The molecular formula is C22H28N4O4S. The van der Waals surface area contributed by atoms with E-state index >= 15 is 0 Å². The van der Waals surface area contributed by atoms with Gasteiger partial charge in [-0.25, -0.2) is 13.1 Å². The summed E-state index contributed by atoms with van der Waals surface area (Å²) in [5.74, 6) is 0. The molecule has 1 heterocycles. The van der Waals surface area contributed by atoms with E-state index in [1.165, 1.54) is 40.9 Å². The van der Waals surface area contributed by atoms with Gasteiger partial charge < -0.3 is 9.13 Å². The predicted molar refractivity (Wildman–Crippen MR) is 122 cm³/mol. The lowest BCUT2D eigenvalue weighted by Gasteiger charge is -2.20. The summed E-state index contributed by atoms with van der Waals surface area (Å²) in [5.41, 5.74) is 0.747. The molecule has 0 spiro atoms. The molecule has 8 nitrogen and oxygen atoms in total. The highest BCUT2D eigenvalue weighted by atomic mass is 32.2. The first kappa shape index (κ1) is 22.9. The minimum atomic E-state index is -3.74. The van der Waals surface area contributed by atoms with Crippen molar-refractivity contribution in [3.05, 3.63) is 74.8 Å². The molecule has 0 aliphatic rings. The summed E-state index contributed by atoms with van der Waals surface area (Å²) in [6, 6.07) is 14.6. The van der Waals surface area contributed by atoms with Crippen molar-refractivity contribution in [3.8, 4) is 0 Å². The van der Waals surface area contributed by atoms with E-state index in [0.717, 1.165) is 19.6 Å². The molecule has 0 aliphatic heterocycles. The van der Waals surface area contributed by atoms with Crippen LogP contribution in [0.25, 0.3) is 11.0 Å². The zero-order chi connectivity index (χ0) is 22.6. The first-order chi connectivity index (χ1) is 14.7. The van der Waals surface area contributed by atoms with Crippen molar-refractivity contribution in [3.63, 3.8) is 0 Å².